The van der Waals surface area contributed by atoms with Crippen LogP contribution < -0.4 is 0 Å². The number of hydrogen-bond donors (Lipinski definition) is 1. The van der Waals surface area contributed by atoms with Crippen molar-refractivity contribution in [3.8, 4) is 6.07 Å². The average molecular weight is 247 g/mol. The summed E-state index contributed by atoms with van der Waals surface area (Å²) in [5, 5.41) is 20.5. The lowest BCUT2D eigenvalue weighted by Gasteiger charge is -2.40. The lowest BCUT2D eigenvalue weighted by Crippen LogP contribution is -2.43. The molecule has 1 unspecified atom stereocenters. The lowest BCUT2D eigenvalue weighted by molar-refractivity contribution is -0.0653. The molecule has 0 bridgehead atoms. The van der Waals surface area contributed by atoms with Crippen molar-refractivity contribution in [1.29, 1.82) is 5.26 Å². The Hall–Kier alpha value is -1.40. The number of hydrogen-bond acceptors (Lipinski definition) is 2. The van der Waals surface area contributed by atoms with Gasteiger partial charge in [0.25, 0.3) is 0 Å². The first-order chi connectivity index (χ1) is 8.59. The summed E-state index contributed by atoms with van der Waals surface area (Å²) in [6, 6.07) is 8.52. The minimum Gasteiger partial charge on any atom is -0.383 e. The Bertz CT molecular complexity index is 474. The maximum absolute atomic E-state index is 14.0. The first kappa shape index (κ1) is 13.0. The molecule has 1 fully saturated rings. The average Bonchev–Trinajstić information content (AvgIpc) is 2.88. The second-order valence-corrected chi connectivity index (χ2v) is 5.09. The molecule has 2 nitrogen and oxygen atoms in total. The SMILES string of the molecule is CCC(O)(c1ccccc1F)C1(C#N)CCCC1. The van der Waals surface area contributed by atoms with Gasteiger partial charge in [0.15, 0.2) is 0 Å². The molecule has 1 N–H and O–H groups in total. The molecular weight excluding hydrogens is 229 g/mol. The van der Waals surface area contributed by atoms with Gasteiger partial charge in [0.1, 0.15) is 11.4 Å². The molecule has 0 aliphatic heterocycles. The van der Waals surface area contributed by atoms with E-state index >= 15 is 0 Å². The van der Waals surface area contributed by atoms with Gasteiger partial charge in [-0.15, -0.1) is 0 Å². The van der Waals surface area contributed by atoms with E-state index in [0.29, 0.717) is 19.3 Å². The zero-order valence-electron chi connectivity index (χ0n) is 10.6. The molecular formula is C15H18FNO. The van der Waals surface area contributed by atoms with Crippen molar-refractivity contribution in [2.75, 3.05) is 0 Å². The van der Waals surface area contributed by atoms with E-state index in [1.165, 1.54) is 6.07 Å². The van der Waals surface area contributed by atoms with Gasteiger partial charge in [-0.25, -0.2) is 4.39 Å². The van der Waals surface area contributed by atoms with Gasteiger partial charge in [-0.05, 0) is 25.3 Å². The first-order valence-corrected chi connectivity index (χ1v) is 6.48. The molecule has 0 aromatic heterocycles. The minimum atomic E-state index is -1.39. The van der Waals surface area contributed by atoms with Gasteiger partial charge in [-0.2, -0.15) is 5.26 Å². The Balaban J connectivity index is 2.55. The third kappa shape index (κ3) is 1.72. The zero-order chi connectivity index (χ0) is 13.2. The van der Waals surface area contributed by atoms with Crippen LogP contribution in [0.3, 0.4) is 0 Å². The van der Waals surface area contributed by atoms with E-state index in [2.05, 4.69) is 6.07 Å². The fourth-order valence-electron chi connectivity index (χ4n) is 3.18. The molecule has 2 rings (SSSR count). The molecule has 1 aromatic carbocycles. The maximum atomic E-state index is 14.0. The van der Waals surface area contributed by atoms with E-state index in [4.69, 9.17) is 0 Å². The molecule has 0 heterocycles. The van der Waals surface area contributed by atoms with Crippen molar-refractivity contribution in [3.63, 3.8) is 0 Å². The highest BCUT2D eigenvalue weighted by atomic mass is 19.1. The number of nitriles is 1. The predicted molar refractivity (Wildman–Crippen MR) is 67.1 cm³/mol. The Morgan fingerprint density at radius 2 is 2.00 bits per heavy atom. The van der Waals surface area contributed by atoms with Crippen LogP contribution in [0.4, 0.5) is 4.39 Å². The Kier molecular flexibility index (Phi) is 3.41. The monoisotopic (exact) mass is 247 g/mol. The van der Waals surface area contributed by atoms with Gasteiger partial charge in [0.05, 0.1) is 11.5 Å². The number of halogens is 1. The summed E-state index contributed by atoms with van der Waals surface area (Å²) in [5.41, 5.74) is -1.97. The second-order valence-electron chi connectivity index (χ2n) is 5.09. The van der Waals surface area contributed by atoms with Gasteiger partial charge in [0, 0.05) is 5.56 Å². The standard InChI is InChI=1S/C15H18FNO/c1-2-15(18,12-7-3-4-8-13(12)16)14(11-17)9-5-6-10-14/h3-4,7-8,18H,2,5-6,9-10H2,1H3. The summed E-state index contributed by atoms with van der Waals surface area (Å²) < 4.78 is 14.0. The highest BCUT2D eigenvalue weighted by Gasteiger charge is 2.53. The Morgan fingerprint density at radius 3 is 2.50 bits per heavy atom. The molecule has 18 heavy (non-hydrogen) atoms. The number of benzene rings is 1. The summed E-state index contributed by atoms with van der Waals surface area (Å²) in [5.74, 6) is -0.427. The highest BCUT2D eigenvalue weighted by Crippen LogP contribution is 2.53. The number of nitrogens with zero attached hydrogens (tertiary/aromatic N) is 1. The van der Waals surface area contributed by atoms with Crippen molar-refractivity contribution >= 4 is 0 Å². The van der Waals surface area contributed by atoms with E-state index < -0.39 is 16.8 Å². The van der Waals surface area contributed by atoms with Crippen LogP contribution in [0.25, 0.3) is 0 Å². The molecule has 0 spiro atoms. The molecule has 1 aromatic rings. The molecule has 1 atom stereocenters. The van der Waals surface area contributed by atoms with Crippen LogP contribution in [0.5, 0.6) is 0 Å². The van der Waals surface area contributed by atoms with Crippen molar-refractivity contribution in [2.45, 2.75) is 44.6 Å². The summed E-state index contributed by atoms with van der Waals surface area (Å²) in [6.07, 6.45) is 3.47. The number of rotatable bonds is 3. The fourth-order valence-corrected chi connectivity index (χ4v) is 3.18. The van der Waals surface area contributed by atoms with Gasteiger partial charge >= 0.3 is 0 Å². The highest BCUT2D eigenvalue weighted by molar-refractivity contribution is 5.31. The molecule has 0 radical (unpaired) electrons. The number of aliphatic hydroxyl groups is 1. The van der Waals surface area contributed by atoms with Crippen LogP contribution in [-0.4, -0.2) is 5.11 Å². The largest absolute Gasteiger partial charge is 0.383 e. The van der Waals surface area contributed by atoms with E-state index in [1.807, 2.05) is 6.92 Å². The molecule has 1 aliphatic carbocycles. The zero-order valence-corrected chi connectivity index (χ0v) is 10.6. The third-order valence-electron chi connectivity index (χ3n) is 4.29. The molecule has 96 valence electrons. The van der Waals surface area contributed by atoms with Crippen molar-refractivity contribution in [1.82, 2.24) is 0 Å². The fraction of sp³-hybridized carbons (Fsp3) is 0.533. The summed E-state index contributed by atoms with van der Waals surface area (Å²) >= 11 is 0. The molecule has 0 amide bonds. The minimum absolute atomic E-state index is 0.260. The van der Waals surface area contributed by atoms with Gasteiger partial charge in [-0.3, -0.25) is 0 Å². The van der Waals surface area contributed by atoms with E-state index in [1.54, 1.807) is 18.2 Å². The summed E-state index contributed by atoms with van der Waals surface area (Å²) in [4.78, 5) is 0. The van der Waals surface area contributed by atoms with Crippen LogP contribution >= 0.6 is 0 Å². The lowest BCUT2D eigenvalue weighted by atomic mass is 9.66. The smallest absolute Gasteiger partial charge is 0.129 e. The van der Waals surface area contributed by atoms with Crippen LogP contribution in [0.1, 0.15) is 44.6 Å². The van der Waals surface area contributed by atoms with Crippen molar-refractivity contribution in [2.24, 2.45) is 5.41 Å². The van der Waals surface area contributed by atoms with Crippen LogP contribution in [0.15, 0.2) is 24.3 Å². The Labute approximate surface area is 107 Å². The first-order valence-electron chi connectivity index (χ1n) is 6.48. The Morgan fingerprint density at radius 1 is 1.39 bits per heavy atom. The van der Waals surface area contributed by atoms with Crippen molar-refractivity contribution in [3.05, 3.63) is 35.6 Å². The van der Waals surface area contributed by atoms with Crippen LogP contribution in [0, 0.1) is 22.6 Å². The molecule has 1 aliphatic rings. The van der Waals surface area contributed by atoms with E-state index in [0.717, 1.165) is 12.8 Å². The normalized spacial score (nSPS) is 21.2. The third-order valence-corrected chi connectivity index (χ3v) is 4.29. The van der Waals surface area contributed by atoms with E-state index in [9.17, 15) is 14.8 Å². The molecule has 3 heteroatoms. The maximum Gasteiger partial charge on any atom is 0.129 e. The topological polar surface area (TPSA) is 44.0 Å². The second kappa shape index (κ2) is 4.70. The summed E-state index contributed by atoms with van der Waals surface area (Å²) in [6.45, 7) is 1.81. The van der Waals surface area contributed by atoms with Gasteiger partial charge < -0.3 is 5.11 Å². The molecule has 1 saturated carbocycles. The molecule has 0 saturated heterocycles. The van der Waals surface area contributed by atoms with Crippen LogP contribution in [0.2, 0.25) is 0 Å². The van der Waals surface area contributed by atoms with Gasteiger partial charge in [0.2, 0.25) is 0 Å². The van der Waals surface area contributed by atoms with Crippen LogP contribution in [-0.2, 0) is 5.60 Å². The summed E-state index contributed by atoms with van der Waals surface area (Å²) in [7, 11) is 0. The van der Waals surface area contributed by atoms with Crippen molar-refractivity contribution < 1.29 is 9.50 Å². The van der Waals surface area contributed by atoms with Gasteiger partial charge in [-0.1, -0.05) is 38.0 Å². The predicted octanol–water partition coefficient (Wildman–Crippen LogP) is 3.51. The quantitative estimate of drug-likeness (QED) is 0.888. The van der Waals surface area contributed by atoms with E-state index in [-0.39, 0.29) is 5.56 Å².